The minimum atomic E-state index is -0.538. The van der Waals surface area contributed by atoms with E-state index in [0.717, 1.165) is 11.1 Å². The zero-order chi connectivity index (χ0) is 16.2. The molecular formula is C18H15N3O2. The molecule has 2 aromatic carbocycles. The average molecular weight is 305 g/mol. The van der Waals surface area contributed by atoms with E-state index in [1.807, 2.05) is 30.3 Å². The quantitative estimate of drug-likeness (QED) is 0.880. The van der Waals surface area contributed by atoms with Crippen molar-refractivity contribution < 1.29 is 9.59 Å². The van der Waals surface area contributed by atoms with Crippen molar-refractivity contribution in [2.24, 2.45) is 0 Å². The molecule has 1 aliphatic heterocycles. The number of benzene rings is 2. The molecule has 1 N–H and O–H groups in total. The van der Waals surface area contributed by atoms with Crippen LogP contribution in [0.4, 0.5) is 4.79 Å². The van der Waals surface area contributed by atoms with Gasteiger partial charge < -0.3 is 5.32 Å². The molecule has 1 unspecified atom stereocenters. The van der Waals surface area contributed by atoms with Crippen LogP contribution in [0.5, 0.6) is 0 Å². The van der Waals surface area contributed by atoms with Crippen molar-refractivity contribution in [2.75, 3.05) is 0 Å². The van der Waals surface area contributed by atoms with E-state index in [1.165, 1.54) is 4.90 Å². The smallest absolute Gasteiger partial charge is 0.325 e. The monoisotopic (exact) mass is 305 g/mol. The Hall–Kier alpha value is -3.13. The number of nitrogens with one attached hydrogen (secondary N) is 1. The number of nitriles is 1. The zero-order valence-electron chi connectivity index (χ0n) is 12.4. The Balaban J connectivity index is 1.72. The third-order valence-electron chi connectivity index (χ3n) is 3.79. The molecule has 0 aliphatic carbocycles. The van der Waals surface area contributed by atoms with Gasteiger partial charge in [-0.2, -0.15) is 5.26 Å². The lowest BCUT2D eigenvalue weighted by atomic mass is 10.1. The summed E-state index contributed by atoms with van der Waals surface area (Å²) in [6.07, 6.45) is 0.472. The van der Waals surface area contributed by atoms with E-state index >= 15 is 0 Å². The Morgan fingerprint density at radius 3 is 2.52 bits per heavy atom. The van der Waals surface area contributed by atoms with Crippen LogP contribution in [0.3, 0.4) is 0 Å². The van der Waals surface area contributed by atoms with Gasteiger partial charge in [0.1, 0.15) is 6.04 Å². The summed E-state index contributed by atoms with van der Waals surface area (Å²) in [5.74, 6) is -0.235. The largest absolute Gasteiger partial charge is 0.325 e. The van der Waals surface area contributed by atoms with Crippen molar-refractivity contribution in [2.45, 2.75) is 19.0 Å². The van der Waals surface area contributed by atoms with Gasteiger partial charge in [0.05, 0.1) is 18.2 Å². The minimum Gasteiger partial charge on any atom is -0.325 e. The lowest BCUT2D eigenvalue weighted by Crippen LogP contribution is -2.32. The molecule has 0 bridgehead atoms. The van der Waals surface area contributed by atoms with Gasteiger partial charge in [0.2, 0.25) is 0 Å². The Bertz CT molecular complexity index is 780. The molecule has 0 radical (unpaired) electrons. The number of urea groups is 1. The lowest BCUT2D eigenvalue weighted by molar-refractivity contribution is -0.127. The summed E-state index contributed by atoms with van der Waals surface area (Å²) in [5.41, 5.74) is 2.27. The molecule has 114 valence electrons. The Morgan fingerprint density at radius 1 is 1.04 bits per heavy atom. The highest BCUT2D eigenvalue weighted by atomic mass is 16.2. The first-order valence-electron chi connectivity index (χ1n) is 7.32. The fourth-order valence-electron chi connectivity index (χ4n) is 2.64. The average Bonchev–Trinajstić information content (AvgIpc) is 2.83. The zero-order valence-corrected chi connectivity index (χ0v) is 12.4. The summed E-state index contributed by atoms with van der Waals surface area (Å²) >= 11 is 0. The van der Waals surface area contributed by atoms with Gasteiger partial charge in [-0.25, -0.2) is 4.79 Å². The van der Waals surface area contributed by atoms with Crippen LogP contribution in [0.15, 0.2) is 54.6 Å². The third kappa shape index (κ3) is 3.22. The number of hydrogen-bond donors (Lipinski definition) is 1. The Kier molecular flexibility index (Phi) is 4.07. The van der Waals surface area contributed by atoms with Crippen molar-refractivity contribution in [3.63, 3.8) is 0 Å². The van der Waals surface area contributed by atoms with Gasteiger partial charge in [0.15, 0.2) is 0 Å². The van der Waals surface area contributed by atoms with Gasteiger partial charge >= 0.3 is 6.03 Å². The number of rotatable bonds is 4. The standard InChI is InChI=1S/C18H15N3O2/c19-11-14-7-4-8-15(9-14)12-21-17(22)16(20-18(21)23)10-13-5-2-1-3-6-13/h1-9,16H,10,12H2,(H,20,23). The summed E-state index contributed by atoms with van der Waals surface area (Å²) in [7, 11) is 0. The summed E-state index contributed by atoms with van der Waals surface area (Å²) in [5, 5.41) is 11.6. The fraction of sp³-hybridized carbons (Fsp3) is 0.167. The predicted molar refractivity (Wildman–Crippen MR) is 84.2 cm³/mol. The van der Waals surface area contributed by atoms with E-state index in [4.69, 9.17) is 5.26 Å². The molecule has 5 heteroatoms. The summed E-state index contributed by atoms with van der Waals surface area (Å²) in [6.45, 7) is 0.172. The van der Waals surface area contributed by atoms with Crippen LogP contribution in [0.25, 0.3) is 0 Å². The van der Waals surface area contributed by atoms with Crippen LogP contribution < -0.4 is 5.32 Å². The van der Waals surface area contributed by atoms with Crippen LogP contribution in [0.1, 0.15) is 16.7 Å². The van der Waals surface area contributed by atoms with Gasteiger partial charge in [0, 0.05) is 6.42 Å². The normalized spacial score (nSPS) is 17.0. The highest BCUT2D eigenvalue weighted by Gasteiger charge is 2.37. The second kappa shape index (κ2) is 6.32. The van der Waals surface area contributed by atoms with E-state index in [2.05, 4.69) is 11.4 Å². The molecule has 1 fully saturated rings. The molecular weight excluding hydrogens is 290 g/mol. The molecule has 5 nitrogen and oxygen atoms in total. The van der Waals surface area contributed by atoms with Crippen LogP contribution in [-0.2, 0) is 17.8 Å². The second-order valence-electron chi connectivity index (χ2n) is 5.43. The summed E-state index contributed by atoms with van der Waals surface area (Å²) in [6, 6.07) is 17.6. The van der Waals surface area contributed by atoms with Crippen LogP contribution in [-0.4, -0.2) is 22.9 Å². The van der Waals surface area contributed by atoms with Crippen LogP contribution >= 0.6 is 0 Å². The van der Waals surface area contributed by atoms with Crippen molar-refractivity contribution in [3.8, 4) is 6.07 Å². The van der Waals surface area contributed by atoms with Gasteiger partial charge in [-0.15, -0.1) is 0 Å². The third-order valence-corrected chi connectivity index (χ3v) is 3.79. The number of nitrogens with zero attached hydrogens (tertiary/aromatic N) is 2. The van der Waals surface area contributed by atoms with Crippen molar-refractivity contribution in [1.29, 1.82) is 5.26 Å². The number of amides is 3. The first-order valence-corrected chi connectivity index (χ1v) is 7.32. The molecule has 1 saturated heterocycles. The fourth-order valence-corrected chi connectivity index (χ4v) is 2.64. The first-order chi connectivity index (χ1) is 11.2. The molecule has 2 aromatic rings. The maximum Gasteiger partial charge on any atom is 0.325 e. The Labute approximate surface area is 134 Å². The van der Waals surface area contributed by atoms with Crippen LogP contribution in [0, 0.1) is 11.3 Å². The number of carbonyl (C=O) groups excluding carboxylic acids is 2. The number of imide groups is 1. The Morgan fingerprint density at radius 2 is 1.78 bits per heavy atom. The number of hydrogen-bond acceptors (Lipinski definition) is 3. The van der Waals surface area contributed by atoms with Gasteiger partial charge in [0.25, 0.3) is 5.91 Å². The highest BCUT2D eigenvalue weighted by Crippen LogP contribution is 2.16. The molecule has 3 amide bonds. The van der Waals surface area contributed by atoms with Crippen molar-refractivity contribution in [1.82, 2.24) is 10.2 Å². The summed E-state index contributed by atoms with van der Waals surface area (Å²) < 4.78 is 0. The van der Waals surface area contributed by atoms with Gasteiger partial charge in [-0.05, 0) is 23.3 Å². The molecule has 1 aliphatic rings. The van der Waals surface area contributed by atoms with E-state index in [-0.39, 0.29) is 12.5 Å². The van der Waals surface area contributed by atoms with E-state index in [9.17, 15) is 9.59 Å². The number of carbonyl (C=O) groups is 2. The van der Waals surface area contributed by atoms with Crippen LogP contribution in [0.2, 0.25) is 0 Å². The lowest BCUT2D eigenvalue weighted by Gasteiger charge is -2.13. The summed E-state index contributed by atoms with van der Waals surface area (Å²) in [4.78, 5) is 25.7. The molecule has 1 atom stereocenters. The van der Waals surface area contributed by atoms with Gasteiger partial charge in [-0.3, -0.25) is 9.69 Å². The van der Waals surface area contributed by atoms with Crippen molar-refractivity contribution in [3.05, 3.63) is 71.3 Å². The second-order valence-corrected chi connectivity index (χ2v) is 5.43. The highest BCUT2D eigenvalue weighted by molar-refractivity contribution is 6.04. The topological polar surface area (TPSA) is 73.2 Å². The van der Waals surface area contributed by atoms with E-state index in [1.54, 1.807) is 24.3 Å². The molecule has 0 spiro atoms. The maximum absolute atomic E-state index is 12.5. The minimum absolute atomic E-state index is 0.172. The molecule has 0 aromatic heterocycles. The van der Waals surface area contributed by atoms with Crippen molar-refractivity contribution >= 4 is 11.9 Å². The SMILES string of the molecule is N#Cc1cccc(CN2C(=O)NC(Cc3ccccc3)C2=O)c1. The molecule has 0 saturated carbocycles. The predicted octanol–water partition coefficient (Wildman–Crippen LogP) is 2.22. The molecule has 1 heterocycles. The van der Waals surface area contributed by atoms with E-state index < -0.39 is 12.1 Å². The molecule has 3 rings (SSSR count). The van der Waals surface area contributed by atoms with E-state index in [0.29, 0.717) is 12.0 Å². The van der Waals surface area contributed by atoms with Gasteiger partial charge in [-0.1, -0.05) is 42.5 Å². The maximum atomic E-state index is 12.5. The first kappa shape index (κ1) is 14.8. The molecule has 23 heavy (non-hydrogen) atoms.